The van der Waals surface area contributed by atoms with E-state index >= 15 is 0 Å². The third-order valence-electron chi connectivity index (χ3n) is 5.18. The quantitative estimate of drug-likeness (QED) is 0.415. The SMILES string of the molecule is O=C(Nc1cc(F)ccc1F)NC(Cc1ccccc1)(c1ccccc1)c1ccccn1. The molecule has 3 aromatic carbocycles. The lowest BCUT2D eigenvalue weighted by atomic mass is 9.80. The lowest BCUT2D eigenvalue weighted by molar-refractivity contribution is 0.241. The second-order valence-corrected chi connectivity index (χ2v) is 7.35. The third kappa shape index (κ3) is 4.64. The summed E-state index contributed by atoms with van der Waals surface area (Å²) in [5, 5.41) is 5.44. The van der Waals surface area contributed by atoms with E-state index in [0.717, 1.165) is 29.3 Å². The Hall–Kier alpha value is -4.06. The van der Waals surface area contributed by atoms with Crippen LogP contribution in [0, 0.1) is 11.6 Å². The molecule has 0 fully saturated rings. The molecule has 0 radical (unpaired) electrons. The molecule has 1 heterocycles. The van der Waals surface area contributed by atoms with Gasteiger partial charge in [0.15, 0.2) is 0 Å². The highest BCUT2D eigenvalue weighted by Gasteiger charge is 2.37. The van der Waals surface area contributed by atoms with Crippen LogP contribution in [0.4, 0.5) is 19.3 Å². The number of aromatic nitrogens is 1. The summed E-state index contributed by atoms with van der Waals surface area (Å²) in [5.41, 5.74) is 1.09. The molecule has 1 unspecified atom stereocenters. The number of carbonyl (C=O) groups is 1. The average Bonchev–Trinajstić information content (AvgIpc) is 2.83. The zero-order valence-corrected chi connectivity index (χ0v) is 17.1. The number of pyridine rings is 1. The summed E-state index contributed by atoms with van der Waals surface area (Å²) < 4.78 is 27.7. The van der Waals surface area contributed by atoms with Crippen LogP contribution in [-0.2, 0) is 12.0 Å². The molecular weight excluding hydrogens is 408 g/mol. The molecule has 2 N–H and O–H groups in total. The molecule has 0 aliphatic rings. The highest BCUT2D eigenvalue weighted by Crippen LogP contribution is 2.32. The van der Waals surface area contributed by atoms with Crippen molar-refractivity contribution in [3.05, 3.63) is 132 Å². The Bertz CT molecular complexity index is 1150. The van der Waals surface area contributed by atoms with Crippen LogP contribution >= 0.6 is 0 Å². The summed E-state index contributed by atoms with van der Waals surface area (Å²) >= 11 is 0. The molecule has 0 aliphatic heterocycles. The molecule has 4 nitrogen and oxygen atoms in total. The summed E-state index contributed by atoms with van der Waals surface area (Å²) in [5.74, 6) is -1.38. The molecule has 4 aromatic rings. The van der Waals surface area contributed by atoms with E-state index in [9.17, 15) is 13.6 Å². The predicted molar refractivity (Wildman–Crippen MR) is 120 cm³/mol. The molecule has 0 aliphatic carbocycles. The van der Waals surface area contributed by atoms with Crippen molar-refractivity contribution < 1.29 is 13.6 Å². The fourth-order valence-corrected chi connectivity index (χ4v) is 3.70. The smallest absolute Gasteiger partial charge is 0.320 e. The Kier molecular flexibility index (Phi) is 6.22. The Morgan fingerprint density at radius 3 is 2.22 bits per heavy atom. The molecule has 0 saturated carbocycles. The van der Waals surface area contributed by atoms with Crippen LogP contribution in [0.5, 0.6) is 0 Å². The number of urea groups is 1. The number of amides is 2. The van der Waals surface area contributed by atoms with E-state index in [4.69, 9.17) is 0 Å². The van der Waals surface area contributed by atoms with Gasteiger partial charge in [-0.2, -0.15) is 0 Å². The van der Waals surface area contributed by atoms with Crippen LogP contribution in [0.1, 0.15) is 16.8 Å². The first-order chi connectivity index (χ1) is 15.6. The van der Waals surface area contributed by atoms with Crippen LogP contribution in [0.3, 0.4) is 0 Å². The monoisotopic (exact) mass is 429 g/mol. The first-order valence-electron chi connectivity index (χ1n) is 10.1. The topological polar surface area (TPSA) is 54.0 Å². The van der Waals surface area contributed by atoms with Gasteiger partial charge in [0, 0.05) is 18.7 Å². The van der Waals surface area contributed by atoms with Crippen molar-refractivity contribution in [2.75, 3.05) is 5.32 Å². The lowest BCUT2D eigenvalue weighted by Crippen LogP contribution is -2.50. The minimum Gasteiger partial charge on any atom is -0.322 e. The molecular formula is C26H21F2N3O. The first-order valence-corrected chi connectivity index (χ1v) is 10.1. The van der Waals surface area contributed by atoms with Gasteiger partial charge in [0.25, 0.3) is 0 Å². The average molecular weight is 429 g/mol. The largest absolute Gasteiger partial charge is 0.322 e. The van der Waals surface area contributed by atoms with E-state index < -0.39 is 23.2 Å². The van der Waals surface area contributed by atoms with Crippen molar-refractivity contribution in [1.82, 2.24) is 10.3 Å². The predicted octanol–water partition coefficient (Wildman–Crippen LogP) is 5.67. The second-order valence-electron chi connectivity index (χ2n) is 7.35. The van der Waals surface area contributed by atoms with Gasteiger partial charge in [-0.3, -0.25) is 4.98 Å². The van der Waals surface area contributed by atoms with Crippen molar-refractivity contribution in [3.63, 3.8) is 0 Å². The Morgan fingerprint density at radius 2 is 1.53 bits per heavy atom. The first kappa shape index (κ1) is 21.2. The standard InChI is InChI=1S/C26H21F2N3O/c27-21-14-15-22(28)23(17-21)30-25(32)31-26(20-11-5-2-6-12-20,24-13-7-8-16-29-24)18-19-9-3-1-4-10-19/h1-17H,18H2,(H2,30,31,32). The zero-order chi connectivity index (χ0) is 22.4. The summed E-state index contributed by atoms with van der Waals surface area (Å²) in [7, 11) is 0. The van der Waals surface area contributed by atoms with E-state index in [0.29, 0.717) is 12.1 Å². The highest BCUT2D eigenvalue weighted by molar-refractivity contribution is 5.90. The van der Waals surface area contributed by atoms with Gasteiger partial charge in [-0.25, -0.2) is 13.6 Å². The Labute approximate surface area is 185 Å². The molecule has 0 bridgehead atoms. The van der Waals surface area contributed by atoms with Gasteiger partial charge >= 0.3 is 6.03 Å². The van der Waals surface area contributed by atoms with Crippen molar-refractivity contribution in [3.8, 4) is 0 Å². The summed E-state index contributed by atoms with van der Waals surface area (Å²) in [6.45, 7) is 0. The molecule has 1 atom stereocenters. The van der Waals surface area contributed by atoms with Crippen molar-refractivity contribution >= 4 is 11.7 Å². The van der Waals surface area contributed by atoms with Crippen LogP contribution in [-0.4, -0.2) is 11.0 Å². The van der Waals surface area contributed by atoms with Crippen LogP contribution in [0.25, 0.3) is 0 Å². The molecule has 160 valence electrons. The maximum absolute atomic E-state index is 14.1. The van der Waals surface area contributed by atoms with Gasteiger partial charge in [0.2, 0.25) is 0 Å². The number of nitrogens with one attached hydrogen (secondary N) is 2. The molecule has 6 heteroatoms. The number of nitrogens with zero attached hydrogens (tertiary/aromatic N) is 1. The van der Waals surface area contributed by atoms with Gasteiger partial charge < -0.3 is 10.6 Å². The molecule has 0 saturated heterocycles. The van der Waals surface area contributed by atoms with Crippen LogP contribution in [0.15, 0.2) is 103 Å². The highest BCUT2D eigenvalue weighted by atomic mass is 19.1. The maximum Gasteiger partial charge on any atom is 0.320 e. The second kappa shape index (κ2) is 9.39. The van der Waals surface area contributed by atoms with Crippen molar-refractivity contribution in [1.29, 1.82) is 0 Å². The molecule has 2 amide bonds. The molecule has 4 rings (SSSR count). The fraction of sp³-hybridized carbons (Fsp3) is 0.0769. The van der Waals surface area contributed by atoms with Gasteiger partial charge in [0.1, 0.15) is 17.2 Å². The Morgan fingerprint density at radius 1 is 0.844 bits per heavy atom. The van der Waals surface area contributed by atoms with Gasteiger partial charge in [-0.05, 0) is 35.4 Å². The number of hydrogen-bond acceptors (Lipinski definition) is 2. The van der Waals surface area contributed by atoms with E-state index in [1.165, 1.54) is 0 Å². The maximum atomic E-state index is 14.1. The van der Waals surface area contributed by atoms with E-state index in [2.05, 4.69) is 15.6 Å². The minimum absolute atomic E-state index is 0.245. The lowest BCUT2D eigenvalue weighted by Gasteiger charge is -2.35. The number of rotatable bonds is 6. The minimum atomic E-state index is -1.06. The van der Waals surface area contributed by atoms with E-state index in [1.807, 2.05) is 72.8 Å². The number of halogens is 2. The van der Waals surface area contributed by atoms with Gasteiger partial charge in [-0.1, -0.05) is 66.7 Å². The van der Waals surface area contributed by atoms with Gasteiger partial charge in [-0.15, -0.1) is 0 Å². The zero-order valence-electron chi connectivity index (χ0n) is 17.1. The van der Waals surface area contributed by atoms with Crippen LogP contribution in [0.2, 0.25) is 0 Å². The number of benzene rings is 3. The number of carbonyl (C=O) groups excluding carboxylic acids is 1. The van der Waals surface area contributed by atoms with Crippen molar-refractivity contribution in [2.45, 2.75) is 12.0 Å². The number of anilines is 1. The molecule has 0 spiro atoms. The van der Waals surface area contributed by atoms with Crippen molar-refractivity contribution in [2.24, 2.45) is 0 Å². The summed E-state index contributed by atoms with van der Waals surface area (Å²) in [6.07, 6.45) is 2.05. The summed E-state index contributed by atoms with van der Waals surface area (Å²) in [4.78, 5) is 17.6. The summed E-state index contributed by atoms with van der Waals surface area (Å²) in [6, 6.07) is 26.8. The Balaban J connectivity index is 1.78. The normalized spacial score (nSPS) is 12.6. The van der Waals surface area contributed by atoms with E-state index in [1.54, 1.807) is 12.3 Å². The van der Waals surface area contributed by atoms with Crippen LogP contribution < -0.4 is 10.6 Å². The van der Waals surface area contributed by atoms with Gasteiger partial charge in [0.05, 0.1) is 11.4 Å². The van der Waals surface area contributed by atoms with E-state index in [-0.39, 0.29) is 5.69 Å². The fourth-order valence-electron chi connectivity index (χ4n) is 3.70. The number of hydrogen-bond donors (Lipinski definition) is 2. The molecule has 32 heavy (non-hydrogen) atoms. The third-order valence-corrected chi connectivity index (χ3v) is 5.18. The molecule has 1 aromatic heterocycles.